The minimum atomic E-state index is -0.553. The standard InChI is InChI=1S/C13H15FN2O2/c1-16(7-3-6-15)9-12(17)10-4-5-13(18-2)11(14)8-10/h4-5,8H,3,7,9H2,1-2H3. The van der Waals surface area contributed by atoms with Gasteiger partial charge < -0.3 is 4.74 Å². The van der Waals surface area contributed by atoms with Gasteiger partial charge in [-0.25, -0.2) is 4.39 Å². The Hall–Kier alpha value is -1.93. The maximum absolute atomic E-state index is 13.4. The molecule has 1 rings (SSSR count). The first-order valence-corrected chi connectivity index (χ1v) is 5.50. The Morgan fingerprint density at radius 3 is 2.83 bits per heavy atom. The first kappa shape index (κ1) is 14.1. The van der Waals surface area contributed by atoms with Gasteiger partial charge in [-0.3, -0.25) is 9.69 Å². The lowest BCUT2D eigenvalue weighted by Gasteiger charge is -2.13. The summed E-state index contributed by atoms with van der Waals surface area (Å²) in [6.45, 7) is 0.675. The second-order valence-electron chi connectivity index (χ2n) is 3.92. The number of benzene rings is 1. The van der Waals surface area contributed by atoms with Crippen molar-refractivity contribution in [3.05, 3.63) is 29.6 Å². The van der Waals surface area contributed by atoms with Crippen molar-refractivity contribution in [3.8, 4) is 11.8 Å². The van der Waals surface area contributed by atoms with Crippen LogP contribution in [0.4, 0.5) is 4.39 Å². The van der Waals surface area contributed by atoms with E-state index in [1.165, 1.54) is 25.3 Å². The van der Waals surface area contributed by atoms with E-state index in [0.29, 0.717) is 18.5 Å². The lowest BCUT2D eigenvalue weighted by atomic mass is 10.1. The van der Waals surface area contributed by atoms with Gasteiger partial charge >= 0.3 is 0 Å². The van der Waals surface area contributed by atoms with Gasteiger partial charge in [0.1, 0.15) is 0 Å². The molecule has 1 aromatic carbocycles. The molecule has 0 aromatic heterocycles. The van der Waals surface area contributed by atoms with E-state index in [1.54, 1.807) is 11.9 Å². The van der Waals surface area contributed by atoms with E-state index in [-0.39, 0.29) is 18.1 Å². The summed E-state index contributed by atoms with van der Waals surface area (Å²) >= 11 is 0. The summed E-state index contributed by atoms with van der Waals surface area (Å²) in [6, 6.07) is 6.13. The molecule has 0 aliphatic rings. The number of methoxy groups -OCH3 is 1. The van der Waals surface area contributed by atoms with Crippen LogP contribution in [0.25, 0.3) is 0 Å². The van der Waals surface area contributed by atoms with Crippen LogP contribution in [-0.2, 0) is 0 Å². The predicted molar refractivity (Wildman–Crippen MR) is 65.0 cm³/mol. The van der Waals surface area contributed by atoms with E-state index in [9.17, 15) is 9.18 Å². The third kappa shape index (κ3) is 3.82. The molecule has 0 saturated heterocycles. The maximum atomic E-state index is 13.4. The van der Waals surface area contributed by atoms with Crippen LogP contribution < -0.4 is 4.74 Å². The Morgan fingerprint density at radius 1 is 1.56 bits per heavy atom. The van der Waals surface area contributed by atoms with E-state index in [0.717, 1.165) is 0 Å². The van der Waals surface area contributed by atoms with Gasteiger partial charge in [0, 0.05) is 18.5 Å². The van der Waals surface area contributed by atoms with E-state index in [2.05, 4.69) is 0 Å². The topological polar surface area (TPSA) is 53.3 Å². The number of Topliss-reactive ketones (excluding diaryl/α,β-unsaturated/α-hetero) is 1. The molecule has 0 spiro atoms. The van der Waals surface area contributed by atoms with Crippen LogP contribution in [0, 0.1) is 17.1 Å². The Bertz CT molecular complexity index is 469. The van der Waals surface area contributed by atoms with Crippen LogP contribution in [0.5, 0.6) is 5.75 Å². The van der Waals surface area contributed by atoms with Crippen molar-refractivity contribution in [2.75, 3.05) is 27.2 Å². The Kier molecular flexibility index (Phi) is 5.28. The molecule has 0 fully saturated rings. The van der Waals surface area contributed by atoms with Gasteiger partial charge in [0.15, 0.2) is 17.3 Å². The lowest BCUT2D eigenvalue weighted by molar-refractivity contribution is 0.0947. The van der Waals surface area contributed by atoms with Crippen LogP contribution in [0.2, 0.25) is 0 Å². The number of carbonyl (C=O) groups is 1. The van der Waals surface area contributed by atoms with Gasteiger partial charge in [-0.2, -0.15) is 5.26 Å². The van der Waals surface area contributed by atoms with Gasteiger partial charge in [-0.15, -0.1) is 0 Å². The zero-order valence-electron chi connectivity index (χ0n) is 10.4. The molecule has 5 heteroatoms. The normalized spacial score (nSPS) is 10.2. The fourth-order valence-electron chi connectivity index (χ4n) is 1.50. The number of nitrogens with zero attached hydrogens (tertiary/aromatic N) is 2. The average molecular weight is 250 g/mol. The molecule has 0 saturated carbocycles. The summed E-state index contributed by atoms with van der Waals surface area (Å²) in [4.78, 5) is 13.6. The second kappa shape index (κ2) is 6.72. The maximum Gasteiger partial charge on any atom is 0.176 e. The predicted octanol–water partition coefficient (Wildman–Crippen LogP) is 1.86. The van der Waals surface area contributed by atoms with Crippen LogP contribution in [0.15, 0.2) is 18.2 Å². The van der Waals surface area contributed by atoms with Crippen molar-refractivity contribution in [1.82, 2.24) is 4.90 Å². The number of hydrogen-bond acceptors (Lipinski definition) is 4. The highest BCUT2D eigenvalue weighted by Crippen LogP contribution is 2.18. The molecule has 18 heavy (non-hydrogen) atoms. The minimum absolute atomic E-state index is 0.115. The number of hydrogen-bond donors (Lipinski definition) is 0. The van der Waals surface area contributed by atoms with Gasteiger partial charge in [-0.1, -0.05) is 0 Å². The number of rotatable bonds is 6. The molecule has 4 nitrogen and oxygen atoms in total. The Labute approximate surface area is 106 Å². The monoisotopic (exact) mass is 250 g/mol. The number of carbonyl (C=O) groups excluding carboxylic acids is 1. The fraction of sp³-hybridized carbons (Fsp3) is 0.385. The number of likely N-dealkylation sites (N-methyl/N-ethyl adjacent to an activating group) is 1. The molecule has 0 amide bonds. The second-order valence-corrected chi connectivity index (χ2v) is 3.92. The minimum Gasteiger partial charge on any atom is -0.494 e. The van der Waals surface area contributed by atoms with E-state index < -0.39 is 5.82 Å². The largest absolute Gasteiger partial charge is 0.494 e. The van der Waals surface area contributed by atoms with E-state index >= 15 is 0 Å². The molecular weight excluding hydrogens is 235 g/mol. The molecule has 0 aliphatic carbocycles. The Morgan fingerprint density at radius 2 is 2.28 bits per heavy atom. The van der Waals surface area contributed by atoms with Crippen molar-refractivity contribution in [2.24, 2.45) is 0 Å². The summed E-state index contributed by atoms with van der Waals surface area (Å²) in [5.74, 6) is -0.621. The summed E-state index contributed by atoms with van der Waals surface area (Å²) in [7, 11) is 3.12. The quantitative estimate of drug-likeness (QED) is 0.723. The van der Waals surface area contributed by atoms with Crippen LogP contribution in [-0.4, -0.2) is 37.9 Å². The molecule has 0 aliphatic heterocycles. The molecule has 96 valence electrons. The summed E-state index contributed by atoms with van der Waals surface area (Å²) < 4.78 is 18.2. The first-order chi connectivity index (χ1) is 8.58. The van der Waals surface area contributed by atoms with Crippen molar-refractivity contribution in [2.45, 2.75) is 6.42 Å². The average Bonchev–Trinajstić information content (AvgIpc) is 2.36. The molecule has 1 aromatic rings. The number of ether oxygens (including phenoxy) is 1. The summed E-state index contributed by atoms with van der Waals surface area (Å²) in [5, 5.41) is 8.44. The molecular formula is C13H15FN2O2. The van der Waals surface area contributed by atoms with E-state index in [1.807, 2.05) is 6.07 Å². The van der Waals surface area contributed by atoms with Crippen molar-refractivity contribution in [1.29, 1.82) is 5.26 Å². The smallest absolute Gasteiger partial charge is 0.176 e. The highest BCUT2D eigenvalue weighted by Gasteiger charge is 2.12. The molecule has 0 unspecified atom stereocenters. The molecule has 0 N–H and O–H groups in total. The third-order valence-electron chi connectivity index (χ3n) is 2.49. The van der Waals surface area contributed by atoms with Gasteiger partial charge in [0.2, 0.25) is 0 Å². The highest BCUT2D eigenvalue weighted by atomic mass is 19.1. The fourth-order valence-corrected chi connectivity index (χ4v) is 1.50. The Balaban J connectivity index is 2.67. The van der Waals surface area contributed by atoms with Gasteiger partial charge in [0.25, 0.3) is 0 Å². The molecule has 0 radical (unpaired) electrons. The molecule has 0 heterocycles. The SMILES string of the molecule is COc1ccc(C(=O)CN(C)CCC#N)cc1F. The number of nitriles is 1. The molecule has 0 bridgehead atoms. The summed E-state index contributed by atoms with van der Waals surface area (Å²) in [6.07, 6.45) is 0.362. The number of halogens is 1. The van der Waals surface area contributed by atoms with Crippen molar-refractivity contribution >= 4 is 5.78 Å². The lowest BCUT2D eigenvalue weighted by Crippen LogP contribution is -2.26. The summed E-state index contributed by atoms with van der Waals surface area (Å²) in [5.41, 5.74) is 0.303. The van der Waals surface area contributed by atoms with Gasteiger partial charge in [-0.05, 0) is 25.2 Å². The van der Waals surface area contributed by atoms with Crippen molar-refractivity contribution in [3.63, 3.8) is 0 Å². The molecule has 0 atom stereocenters. The highest BCUT2D eigenvalue weighted by molar-refractivity contribution is 5.97. The van der Waals surface area contributed by atoms with Crippen LogP contribution >= 0.6 is 0 Å². The zero-order valence-corrected chi connectivity index (χ0v) is 10.4. The van der Waals surface area contributed by atoms with Crippen LogP contribution in [0.3, 0.4) is 0 Å². The number of ketones is 1. The first-order valence-electron chi connectivity index (χ1n) is 5.50. The van der Waals surface area contributed by atoms with Crippen LogP contribution in [0.1, 0.15) is 16.8 Å². The van der Waals surface area contributed by atoms with E-state index in [4.69, 9.17) is 10.00 Å². The zero-order chi connectivity index (χ0) is 13.5. The van der Waals surface area contributed by atoms with Gasteiger partial charge in [0.05, 0.1) is 19.7 Å². The van der Waals surface area contributed by atoms with Crippen molar-refractivity contribution < 1.29 is 13.9 Å². The third-order valence-corrected chi connectivity index (χ3v) is 2.49.